The second-order valence-corrected chi connectivity index (χ2v) is 4.55. The highest BCUT2D eigenvalue weighted by molar-refractivity contribution is 5.92. The van der Waals surface area contributed by atoms with Crippen molar-refractivity contribution >= 4 is 11.6 Å². The summed E-state index contributed by atoms with van der Waals surface area (Å²) >= 11 is 0. The van der Waals surface area contributed by atoms with Crippen LogP contribution >= 0.6 is 0 Å². The van der Waals surface area contributed by atoms with E-state index in [0.29, 0.717) is 18.5 Å². The summed E-state index contributed by atoms with van der Waals surface area (Å²) in [5.41, 5.74) is 2.55. The van der Waals surface area contributed by atoms with E-state index in [1.807, 2.05) is 43.3 Å². The van der Waals surface area contributed by atoms with E-state index in [9.17, 15) is 9.90 Å². The number of aromatic hydroxyl groups is 1. The van der Waals surface area contributed by atoms with Gasteiger partial charge in [-0.05, 0) is 36.6 Å². The summed E-state index contributed by atoms with van der Waals surface area (Å²) in [5.74, 6) is 0.0102. The smallest absolute Gasteiger partial charge is 0.224 e. The van der Waals surface area contributed by atoms with Crippen LogP contribution in [0.2, 0.25) is 0 Å². The number of phenols is 1. The molecule has 0 aromatic heterocycles. The molecule has 2 N–H and O–H groups in total. The number of nitrogens with one attached hydrogen (secondary N) is 1. The van der Waals surface area contributed by atoms with E-state index in [-0.39, 0.29) is 11.7 Å². The van der Waals surface area contributed by atoms with Gasteiger partial charge >= 0.3 is 0 Å². The number of phenolic OH excluding ortho intramolecular Hbond substituents is 1. The normalized spacial score (nSPS) is 10.2. The first-order chi connectivity index (χ1) is 9.15. The summed E-state index contributed by atoms with van der Waals surface area (Å²) in [4.78, 5) is 11.8. The molecule has 0 fully saturated rings. The van der Waals surface area contributed by atoms with Crippen LogP contribution in [0.25, 0.3) is 0 Å². The van der Waals surface area contributed by atoms with Crippen LogP contribution in [0.1, 0.15) is 17.5 Å². The maximum Gasteiger partial charge on any atom is 0.224 e. The van der Waals surface area contributed by atoms with Crippen molar-refractivity contribution in [2.24, 2.45) is 0 Å². The maximum atomic E-state index is 11.8. The number of anilines is 1. The molecule has 3 nitrogen and oxygen atoms in total. The van der Waals surface area contributed by atoms with Gasteiger partial charge in [-0.3, -0.25) is 4.79 Å². The number of hydrogen-bond donors (Lipinski definition) is 2. The highest BCUT2D eigenvalue weighted by Crippen LogP contribution is 2.24. The topological polar surface area (TPSA) is 49.3 Å². The summed E-state index contributed by atoms with van der Waals surface area (Å²) in [6.07, 6.45) is 1.09. The van der Waals surface area contributed by atoms with Gasteiger partial charge in [0.15, 0.2) is 0 Å². The molecule has 0 bridgehead atoms. The van der Waals surface area contributed by atoms with Crippen LogP contribution in [0.15, 0.2) is 48.5 Å². The molecule has 1 amide bonds. The molecule has 19 heavy (non-hydrogen) atoms. The van der Waals surface area contributed by atoms with E-state index in [1.165, 1.54) is 0 Å². The van der Waals surface area contributed by atoms with Crippen LogP contribution in [0.5, 0.6) is 5.75 Å². The lowest BCUT2D eigenvalue weighted by Crippen LogP contribution is -2.12. The molecule has 0 heterocycles. The number of aryl methyl sites for hydroxylation is 2. The largest absolute Gasteiger partial charge is 0.506 e. The van der Waals surface area contributed by atoms with Crippen LogP contribution in [-0.2, 0) is 11.2 Å². The summed E-state index contributed by atoms with van der Waals surface area (Å²) in [6.45, 7) is 1.89. The Balaban J connectivity index is 1.91. The number of amides is 1. The zero-order valence-electron chi connectivity index (χ0n) is 10.9. The standard InChI is InChI=1S/C16H17NO2/c1-12-7-9-14(15(18)11-12)17-16(19)10-8-13-5-3-2-4-6-13/h2-7,9,11,18H,8,10H2,1H3,(H,17,19). The molecule has 0 unspecified atom stereocenters. The van der Waals surface area contributed by atoms with Crippen LogP contribution in [0.3, 0.4) is 0 Å². The van der Waals surface area contributed by atoms with Crippen molar-refractivity contribution in [2.45, 2.75) is 19.8 Å². The fourth-order valence-electron chi connectivity index (χ4n) is 1.86. The van der Waals surface area contributed by atoms with Gasteiger partial charge in [-0.25, -0.2) is 0 Å². The summed E-state index contributed by atoms with van der Waals surface area (Å²) in [5, 5.41) is 12.4. The van der Waals surface area contributed by atoms with Crippen molar-refractivity contribution in [1.29, 1.82) is 0 Å². The molecule has 0 aliphatic carbocycles. The van der Waals surface area contributed by atoms with Crippen molar-refractivity contribution in [3.63, 3.8) is 0 Å². The lowest BCUT2D eigenvalue weighted by atomic mass is 10.1. The van der Waals surface area contributed by atoms with Gasteiger partial charge < -0.3 is 10.4 Å². The van der Waals surface area contributed by atoms with Gasteiger partial charge in [-0.15, -0.1) is 0 Å². The van der Waals surface area contributed by atoms with Crippen LogP contribution in [-0.4, -0.2) is 11.0 Å². The van der Waals surface area contributed by atoms with Crippen LogP contribution in [0.4, 0.5) is 5.69 Å². The Labute approximate surface area is 112 Å². The summed E-state index contributed by atoms with van der Waals surface area (Å²) < 4.78 is 0. The van der Waals surface area contributed by atoms with Gasteiger partial charge in [0.05, 0.1) is 5.69 Å². The molecule has 0 radical (unpaired) electrons. The Hall–Kier alpha value is -2.29. The summed E-state index contributed by atoms with van der Waals surface area (Å²) in [7, 11) is 0. The molecule has 0 aliphatic rings. The van der Waals surface area contributed by atoms with E-state index >= 15 is 0 Å². The monoisotopic (exact) mass is 255 g/mol. The number of rotatable bonds is 4. The van der Waals surface area contributed by atoms with E-state index in [1.54, 1.807) is 12.1 Å². The number of carbonyl (C=O) groups is 1. The average molecular weight is 255 g/mol. The van der Waals surface area contributed by atoms with E-state index < -0.39 is 0 Å². The Bertz CT molecular complexity index is 564. The van der Waals surface area contributed by atoms with Crippen LogP contribution < -0.4 is 5.32 Å². The highest BCUT2D eigenvalue weighted by Gasteiger charge is 2.06. The zero-order chi connectivity index (χ0) is 13.7. The van der Waals surface area contributed by atoms with Crippen molar-refractivity contribution in [3.05, 3.63) is 59.7 Å². The predicted molar refractivity (Wildman–Crippen MR) is 76.2 cm³/mol. The van der Waals surface area contributed by atoms with Gasteiger partial charge in [-0.1, -0.05) is 36.4 Å². The van der Waals surface area contributed by atoms with Crippen molar-refractivity contribution < 1.29 is 9.90 Å². The predicted octanol–water partition coefficient (Wildman–Crippen LogP) is 3.27. The van der Waals surface area contributed by atoms with Crippen LogP contribution in [0, 0.1) is 6.92 Å². The average Bonchev–Trinajstić information content (AvgIpc) is 2.41. The van der Waals surface area contributed by atoms with Gasteiger partial charge in [0, 0.05) is 6.42 Å². The third-order valence-electron chi connectivity index (χ3n) is 2.91. The van der Waals surface area contributed by atoms with E-state index in [2.05, 4.69) is 5.32 Å². The zero-order valence-corrected chi connectivity index (χ0v) is 10.9. The summed E-state index contributed by atoms with van der Waals surface area (Å²) in [6, 6.07) is 15.1. The van der Waals surface area contributed by atoms with E-state index in [4.69, 9.17) is 0 Å². The quantitative estimate of drug-likeness (QED) is 0.824. The SMILES string of the molecule is Cc1ccc(NC(=O)CCc2ccccc2)c(O)c1. The minimum atomic E-state index is -0.0944. The molecule has 2 aromatic carbocycles. The van der Waals surface area contributed by atoms with Gasteiger partial charge in [-0.2, -0.15) is 0 Å². The Morgan fingerprint density at radius 2 is 1.89 bits per heavy atom. The Morgan fingerprint density at radius 1 is 1.16 bits per heavy atom. The number of benzene rings is 2. The third kappa shape index (κ3) is 3.85. The molecular weight excluding hydrogens is 238 g/mol. The molecule has 0 atom stereocenters. The maximum absolute atomic E-state index is 11.8. The molecule has 98 valence electrons. The minimum Gasteiger partial charge on any atom is -0.506 e. The third-order valence-corrected chi connectivity index (χ3v) is 2.91. The lowest BCUT2D eigenvalue weighted by Gasteiger charge is -2.08. The number of carbonyl (C=O) groups excluding carboxylic acids is 1. The lowest BCUT2D eigenvalue weighted by molar-refractivity contribution is -0.116. The minimum absolute atomic E-state index is 0.0944. The first-order valence-electron chi connectivity index (χ1n) is 6.28. The second-order valence-electron chi connectivity index (χ2n) is 4.55. The highest BCUT2D eigenvalue weighted by atomic mass is 16.3. The molecular formula is C16H17NO2. The number of hydrogen-bond acceptors (Lipinski definition) is 2. The molecule has 0 spiro atoms. The van der Waals surface area contributed by atoms with Crippen molar-refractivity contribution in [1.82, 2.24) is 0 Å². The van der Waals surface area contributed by atoms with Crippen molar-refractivity contribution in [2.75, 3.05) is 5.32 Å². The van der Waals surface area contributed by atoms with Gasteiger partial charge in [0.25, 0.3) is 0 Å². The fourth-order valence-corrected chi connectivity index (χ4v) is 1.86. The first-order valence-corrected chi connectivity index (χ1v) is 6.28. The van der Waals surface area contributed by atoms with Crippen molar-refractivity contribution in [3.8, 4) is 5.75 Å². The Morgan fingerprint density at radius 3 is 2.58 bits per heavy atom. The molecule has 3 heteroatoms. The second kappa shape index (κ2) is 6.05. The Kier molecular flexibility index (Phi) is 4.18. The van der Waals surface area contributed by atoms with Gasteiger partial charge in [0.2, 0.25) is 5.91 Å². The molecule has 2 aromatic rings. The molecule has 0 saturated heterocycles. The van der Waals surface area contributed by atoms with Gasteiger partial charge in [0.1, 0.15) is 5.75 Å². The molecule has 0 saturated carbocycles. The molecule has 0 aliphatic heterocycles. The first kappa shape index (κ1) is 13.1. The van der Waals surface area contributed by atoms with E-state index in [0.717, 1.165) is 11.1 Å². The molecule has 2 rings (SSSR count). The fraction of sp³-hybridized carbons (Fsp3) is 0.188.